The first-order valence-corrected chi connectivity index (χ1v) is 10.5. The normalized spacial score (nSPS) is 23.4. The molecule has 2 fully saturated rings. The number of benzene rings is 2. The molecule has 0 N–H and O–H groups in total. The zero-order valence-electron chi connectivity index (χ0n) is 18.3. The van der Waals surface area contributed by atoms with Gasteiger partial charge in [0.1, 0.15) is 30.1 Å². The molecule has 2 unspecified atom stereocenters. The van der Waals surface area contributed by atoms with Crippen LogP contribution in [0.25, 0.3) is 0 Å². The number of amides is 1. The minimum atomic E-state index is -4.57. The van der Waals surface area contributed by atoms with E-state index in [1.165, 1.54) is 30.2 Å². The van der Waals surface area contributed by atoms with E-state index in [4.69, 9.17) is 18.9 Å². The lowest BCUT2D eigenvalue weighted by Gasteiger charge is -2.42. The Labute approximate surface area is 192 Å². The molecule has 2 saturated heterocycles. The Morgan fingerprint density at radius 2 is 1.94 bits per heavy atom. The van der Waals surface area contributed by atoms with Gasteiger partial charge >= 0.3 is 6.18 Å². The highest BCUT2D eigenvalue weighted by Gasteiger charge is 2.52. The summed E-state index contributed by atoms with van der Waals surface area (Å²) in [4.78, 5) is 14.6. The fourth-order valence-electron chi connectivity index (χ4n) is 4.20. The maximum Gasteiger partial charge on any atom is 0.425 e. The number of ether oxygens (including phenoxy) is 4. The number of halogens is 5. The molecular weight excluding hydrogens is 465 g/mol. The summed E-state index contributed by atoms with van der Waals surface area (Å²) in [6, 6.07) is 6.96. The first-order valence-electron chi connectivity index (χ1n) is 10.5. The summed E-state index contributed by atoms with van der Waals surface area (Å²) in [5.41, 5.74) is -1.04. The van der Waals surface area contributed by atoms with E-state index < -0.39 is 41.5 Å². The molecule has 11 heteroatoms. The van der Waals surface area contributed by atoms with Crippen LogP contribution in [0, 0.1) is 11.6 Å². The van der Waals surface area contributed by atoms with Crippen molar-refractivity contribution in [1.82, 2.24) is 4.90 Å². The highest BCUT2D eigenvalue weighted by Crippen LogP contribution is 2.44. The summed E-state index contributed by atoms with van der Waals surface area (Å²) in [5.74, 6) is -1.87. The van der Waals surface area contributed by atoms with Crippen molar-refractivity contribution in [1.29, 1.82) is 0 Å². The molecule has 2 aliphatic rings. The van der Waals surface area contributed by atoms with Gasteiger partial charge in [0, 0.05) is 24.1 Å². The lowest BCUT2D eigenvalue weighted by molar-refractivity contribution is -0.189. The van der Waals surface area contributed by atoms with Crippen molar-refractivity contribution in [2.24, 2.45) is 0 Å². The summed E-state index contributed by atoms with van der Waals surface area (Å²) in [6.07, 6.45) is -7.21. The summed E-state index contributed by atoms with van der Waals surface area (Å²) in [5, 5.41) is 0. The molecule has 3 atom stereocenters. The number of hydrogen-bond acceptors (Lipinski definition) is 5. The topological polar surface area (TPSA) is 57.2 Å². The van der Waals surface area contributed by atoms with E-state index in [1.54, 1.807) is 0 Å². The molecule has 0 bridgehead atoms. The lowest BCUT2D eigenvalue weighted by Crippen LogP contribution is -2.53. The van der Waals surface area contributed by atoms with Crippen LogP contribution in [0.2, 0.25) is 0 Å². The summed E-state index contributed by atoms with van der Waals surface area (Å²) < 4.78 is 88.2. The second kappa shape index (κ2) is 9.03. The monoisotopic (exact) mass is 487 g/mol. The number of fused-ring (bicyclic) bond motifs is 1. The maximum atomic E-state index is 14.5. The third kappa shape index (κ3) is 4.41. The van der Waals surface area contributed by atoms with Gasteiger partial charge in [-0.25, -0.2) is 8.78 Å². The molecule has 0 radical (unpaired) electrons. The zero-order chi connectivity index (χ0) is 24.7. The predicted octanol–water partition coefficient (Wildman–Crippen LogP) is 4.42. The Balaban J connectivity index is 1.53. The van der Waals surface area contributed by atoms with E-state index in [9.17, 15) is 26.7 Å². The lowest BCUT2D eigenvalue weighted by atomic mass is 9.81. The second-order valence-electron chi connectivity index (χ2n) is 8.10. The molecular formula is C23H22F5NO5. The average molecular weight is 487 g/mol. The number of likely N-dealkylation sites (tertiary alicyclic amines) is 1. The van der Waals surface area contributed by atoms with Crippen molar-refractivity contribution in [2.75, 3.05) is 27.0 Å². The van der Waals surface area contributed by atoms with Crippen LogP contribution in [-0.2, 0) is 15.1 Å². The molecule has 0 aliphatic carbocycles. The number of carbonyl (C=O) groups is 1. The zero-order valence-corrected chi connectivity index (χ0v) is 18.3. The van der Waals surface area contributed by atoms with Gasteiger partial charge in [0.2, 0.25) is 0 Å². The molecule has 4 rings (SSSR count). The predicted molar refractivity (Wildman–Crippen MR) is 109 cm³/mol. The fraction of sp³-hybridized carbons (Fsp3) is 0.435. The number of piperidine rings is 1. The Hall–Kier alpha value is -2.92. The molecule has 184 valence electrons. The molecule has 1 amide bonds. The van der Waals surface area contributed by atoms with Crippen LogP contribution >= 0.6 is 0 Å². The minimum absolute atomic E-state index is 0.0315. The molecule has 6 nitrogen and oxygen atoms in total. The highest BCUT2D eigenvalue weighted by molar-refractivity contribution is 5.95. The van der Waals surface area contributed by atoms with Gasteiger partial charge in [-0.05, 0) is 43.3 Å². The van der Waals surface area contributed by atoms with Gasteiger partial charge in [-0.2, -0.15) is 13.2 Å². The Bertz CT molecular complexity index is 1080. The molecule has 2 aliphatic heterocycles. The van der Waals surface area contributed by atoms with Crippen LogP contribution < -0.4 is 9.47 Å². The summed E-state index contributed by atoms with van der Waals surface area (Å²) >= 11 is 0. The van der Waals surface area contributed by atoms with Crippen LogP contribution in [0.15, 0.2) is 36.4 Å². The van der Waals surface area contributed by atoms with Crippen LogP contribution in [0.1, 0.15) is 29.3 Å². The molecule has 34 heavy (non-hydrogen) atoms. The number of nitrogens with zero attached hydrogens (tertiary/aromatic N) is 1. The highest BCUT2D eigenvalue weighted by atomic mass is 19.4. The van der Waals surface area contributed by atoms with Gasteiger partial charge in [-0.1, -0.05) is 0 Å². The molecule has 0 spiro atoms. The van der Waals surface area contributed by atoms with Crippen molar-refractivity contribution >= 4 is 5.91 Å². The van der Waals surface area contributed by atoms with Crippen molar-refractivity contribution in [3.05, 3.63) is 59.2 Å². The number of hydrogen-bond donors (Lipinski definition) is 0. The van der Waals surface area contributed by atoms with E-state index >= 15 is 0 Å². The first-order chi connectivity index (χ1) is 16.0. The van der Waals surface area contributed by atoms with E-state index in [2.05, 4.69) is 0 Å². The summed E-state index contributed by atoms with van der Waals surface area (Å²) in [6.45, 7) is 0.921. The van der Waals surface area contributed by atoms with Gasteiger partial charge in [0.25, 0.3) is 5.91 Å². The smallest absolute Gasteiger partial charge is 0.425 e. The van der Waals surface area contributed by atoms with Crippen LogP contribution in [0.4, 0.5) is 22.0 Å². The van der Waals surface area contributed by atoms with Gasteiger partial charge in [-0.3, -0.25) is 4.79 Å². The van der Waals surface area contributed by atoms with E-state index in [0.29, 0.717) is 0 Å². The second-order valence-corrected chi connectivity index (χ2v) is 8.10. The van der Waals surface area contributed by atoms with Crippen molar-refractivity contribution in [3.8, 4) is 11.5 Å². The standard InChI is InChI=1S/C23H22F5NO5/c1-13(23(26,27)28)34-18-6-3-14(9-19(18)31-2)21(30)29-8-7-22(20(11-29)32-12-33-22)16-10-15(24)4-5-17(16)25/h3-6,9-10,13,20H,7-8,11-12H2,1-2H3/t13?,20?,22-/m1/s1. The van der Waals surface area contributed by atoms with Crippen molar-refractivity contribution in [3.63, 3.8) is 0 Å². The first kappa shape index (κ1) is 24.2. The van der Waals surface area contributed by atoms with E-state index in [0.717, 1.165) is 25.1 Å². The molecule has 0 aromatic heterocycles. The van der Waals surface area contributed by atoms with Gasteiger partial charge in [0.05, 0.1) is 13.7 Å². The SMILES string of the molecule is COc1cc(C(=O)N2CC[C@]3(c4cc(F)ccc4F)OCOC3C2)ccc1OC(C)C(F)(F)F. The van der Waals surface area contributed by atoms with Crippen molar-refractivity contribution < 1.29 is 45.7 Å². The Kier molecular flexibility index (Phi) is 6.43. The molecule has 2 heterocycles. The van der Waals surface area contributed by atoms with E-state index in [1.807, 2.05) is 0 Å². The third-order valence-corrected chi connectivity index (χ3v) is 6.09. The Morgan fingerprint density at radius 1 is 1.18 bits per heavy atom. The van der Waals surface area contributed by atoms with Gasteiger partial charge in [-0.15, -0.1) is 0 Å². The number of alkyl halides is 3. The number of rotatable bonds is 5. The largest absolute Gasteiger partial charge is 0.493 e. The number of carbonyl (C=O) groups excluding carboxylic acids is 1. The van der Waals surface area contributed by atoms with Crippen LogP contribution in [0.3, 0.4) is 0 Å². The molecule has 2 aromatic carbocycles. The van der Waals surface area contributed by atoms with Crippen LogP contribution in [-0.4, -0.2) is 56.2 Å². The van der Waals surface area contributed by atoms with Crippen molar-refractivity contribution in [2.45, 2.75) is 37.3 Å². The third-order valence-electron chi connectivity index (χ3n) is 6.09. The maximum absolute atomic E-state index is 14.5. The molecule has 2 aromatic rings. The fourth-order valence-corrected chi connectivity index (χ4v) is 4.20. The van der Waals surface area contributed by atoms with Gasteiger partial charge in [0.15, 0.2) is 17.6 Å². The number of methoxy groups -OCH3 is 1. The minimum Gasteiger partial charge on any atom is -0.493 e. The van der Waals surface area contributed by atoms with Gasteiger partial charge < -0.3 is 23.8 Å². The van der Waals surface area contributed by atoms with E-state index in [-0.39, 0.29) is 48.9 Å². The quantitative estimate of drug-likeness (QED) is 0.585. The van der Waals surface area contributed by atoms with Crippen LogP contribution in [0.5, 0.6) is 11.5 Å². The summed E-state index contributed by atoms with van der Waals surface area (Å²) in [7, 11) is 1.25. The average Bonchev–Trinajstić information content (AvgIpc) is 3.23. The Morgan fingerprint density at radius 3 is 2.65 bits per heavy atom. The molecule has 0 saturated carbocycles.